The van der Waals surface area contributed by atoms with Crippen molar-refractivity contribution < 1.29 is 4.42 Å². The molecular formula is C14H16ClNO. The summed E-state index contributed by atoms with van der Waals surface area (Å²) >= 11 is 6.25. The first-order chi connectivity index (χ1) is 8.16. The molecule has 2 aromatic rings. The first-order valence-corrected chi connectivity index (χ1v) is 6.10. The van der Waals surface area contributed by atoms with E-state index in [4.69, 9.17) is 16.0 Å². The molecule has 0 bridgehead atoms. The van der Waals surface area contributed by atoms with Crippen LogP contribution in [0, 0.1) is 0 Å². The SMILES string of the molecule is CC(C)NCc1ccc(-c2ccco2)cc1Cl. The van der Waals surface area contributed by atoms with Crippen LogP contribution in [0.2, 0.25) is 5.02 Å². The lowest BCUT2D eigenvalue weighted by molar-refractivity contribution is 0.581. The summed E-state index contributed by atoms with van der Waals surface area (Å²) in [7, 11) is 0. The summed E-state index contributed by atoms with van der Waals surface area (Å²) in [6.45, 7) is 5.02. The fourth-order valence-corrected chi connectivity index (χ4v) is 1.85. The van der Waals surface area contributed by atoms with Gasteiger partial charge in [0.25, 0.3) is 0 Å². The van der Waals surface area contributed by atoms with Crippen molar-refractivity contribution in [1.82, 2.24) is 5.32 Å². The molecule has 0 saturated heterocycles. The number of rotatable bonds is 4. The molecule has 90 valence electrons. The lowest BCUT2D eigenvalue weighted by atomic mass is 10.1. The van der Waals surface area contributed by atoms with Gasteiger partial charge in [-0.15, -0.1) is 0 Å². The monoisotopic (exact) mass is 249 g/mol. The van der Waals surface area contributed by atoms with E-state index >= 15 is 0 Å². The van der Waals surface area contributed by atoms with Crippen LogP contribution in [0.25, 0.3) is 11.3 Å². The van der Waals surface area contributed by atoms with Crippen LogP contribution in [0.4, 0.5) is 0 Å². The Morgan fingerprint density at radius 2 is 2.12 bits per heavy atom. The first kappa shape index (κ1) is 12.2. The fraction of sp³-hybridized carbons (Fsp3) is 0.286. The molecule has 0 saturated carbocycles. The highest BCUT2D eigenvalue weighted by Gasteiger charge is 2.05. The molecule has 17 heavy (non-hydrogen) atoms. The zero-order valence-electron chi connectivity index (χ0n) is 10.0. The van der Waals surface area contributed by atoms with Gasteiger partial charge in [0.2, 0.25) is 0 Å². The van der Waals surface area contributed by atoms with Crippen molar-refractivity contribution >= 4 is 11.6 Å². The van der Waals surface area contributed by atoms with E-state index in [2.05, 4.69) is 19.2 Å². The van der Waals surface area contributed by atoms with Gasteiger partial charge in [-0.3, -0.25) is 0 Å². The van der Waals surface area contributed by atoms with Gasteiger partial charge in [-0.2, -0.15) is 0 Å². The van der Waals surface area contributed by atoms with E-state index in [0.717, 1.165) is 28.5 Å². The molecule has 0 atom stereocenters. The summed E-state index contributed by atoms with van der Waals surface area (Å²) < 4.78 is 5.34. The molecule has 0 aliphatic carbocycles. The van der Waals surface area contributed by atoms with Crippen molar-refractivity contribution in [3.05, 3.63) is 47.2 Å². The minimum absolute atomic E-state index is 0.454. The van der Waals surface area contributed by atoms with Gasteiger partial charge >= 0.3 is 0 Å². The van der Waals surface area contributed by atoms with Gasteiger partial charge < -0.3 is 9.73 Å². The van der Waals surface area contributed by atoms with E-state index in [9.17, 15) is 0 Å². The molecule has 0 fully saturated rings. The quantitative estimate of drug-likeness (QED) is 0.883. The lowest BCUT2D eigenvalue weighted by Crippen LogP contribution is -2.21. The van der Waals surface area contributed by atoms with Crippen LogP contribution in [0.3, 0.4) is 0 Å². The Hall–Kier alpha value is -1.25. The maximum Gasteiger partial charge on any atom is 0.133 e. The predicted molar refractivity (Wildman–Crippen MR) is 71.1 cm³/mol. The molecule has 2 rings (SSSR count). The molecule has 0 spiro atoms. The van der Waals surface area contributed by atoms with Crippen LogP contribution in [0.1, 0.15) is 19.4 Å². The van der Waals surface area contributed by atoms with E-state index in [1.807, 2.05) is 30.3 Å². The normalized spacial score (nSPS) is 11.1. The van der Waals surface area contributed by atoms with Crippen LogP contribution in [0.5, 0.6) is 0 Å². The second kappa shape index (κ2) is 5.39. The molecule has 3 heteroatoms. The van der Waals surface area contributed by atoms with Crippen molar-refractivity contribution in [3.8, 4) is 11.3 Å². The van der Waals surface area contributed by atoms with Crippen molar-refractivity contribution in [2.75, 3.05) is 0 Å². The Balaban J connectivity index is 2.17. The molecule has 1 aromatic carbocycles. The second-order valence-electron chi connectivity index (χ2n) is 4.32. The number of nitrogens with one attached hydrogen (secondary N) is 1. The van der Waals surface area contributed by atoms with Crippen molar-refractivity contribution in [3.63, 3.8) is 0 Å². The Labute approximate surface area is 107 Å². The standard InChI is InChI=1S/C14H16ClNO/c1-10(2)16-9-12-6-5-11(8-13(12)15)14-4-3-7-17-14/h3-8,10,16H,9H2,1-2H3. The molecule has 0 aliphatic heterocycles. The Bertz CT molecular complexity index is 477. The Morgan fingerprint density at radius 3 is 2.71 bits per heavy atom. The van der Waals surface area contributed by atoms with E-state index < -0.39 is 0 Å². The molecule has 2 nitrogen and oxygen atoms in total. The van der Waals surface area contributed by atoms with Crippen LogP contribution in [0.15, 0.2) is 41.0 Å². The first-order valence-electron chi connectivity index (χ1n) is 5.72. The van der Waals surface area contributed by atoms with Crippen LogP contribution in [-0.4, -0.2) is 6.04 Å². The fourth-order valence-electron chi connectivity index (χ4n) is 1.60. The third-order valence-electron chi connectivity index (χ3n) is 2.56. The van der Waals surface area contributed by atoms with Gasteiger partial charge in [0.05, 0.1) is 6.26 Å². The predicted octanol–water partition coefficient (Wildman–Crippen LogP) is 4.10. The summed E-state index contributed by atoms with van der Waals surface area (Å²) in [5.41, 5.74) is 2.11. The minimum atomic E-state index is 0.454. The van der Waals surface area contributed by atoms with Gasteiger partial charge in [-0.05, 0) is 23.8 Å². The highest BCUT2D eigenvalue weighted by atomic mass is 35.5. The van der Waals surface area contributed by atoms with Crippen LogP contribution in [-0.2, 0) is 6.54 Å². The van der Waals surface area contributed by atoms with Gasteiger partial charge in [-0.25, -0.2) is 0 Å². The van der Waals surface area contributed by atoms with E-state index in [1.165, 1.54) is 0 Å². The van der Waals surface area contributed by atoms with E-state index in [0.29, 0.717) is 6.04 Å². The molecule has 1 heterocycles. The third-order valence-corrected chi connectivity index (χ3v) is 2.91. The van der Waals surface area contributed by atoms with Crippen LogP contribution < -0.4 is 5.32 Å². The zero-order chi connectivity index (χ0) is 12.3. The van der Waals surface area contributed by atoms with Gasteiger partial charge in [-0.1, -0.05) is 37.6 Å². The topological polar surface area (TPSA) is 25.2 Å². The van der Waals surface area contributed by atoms with Crippen molar-refractivity contribution in [2.24, 2.45) is 0 Å². The minimum Gasteiger partial charge on any atom is -0.464 e. The molecular weight excluding hydrogens is 234 g/mol. The average Bonchev–Trinajstić information content (AvgIpc) is 2.80. The summed E-state index contributed by atoms with van der Waals surface area (Å²) in [4.78, 5) is 0. The number of hydrogen-bond donors (Lipinski definition) is 1. The summed E-state index contributed by atoms with van der Waals surface area (Å²) in [6, 6.07) is 10.3. The summed E-state index contributed by atoms with van der Waals surface area (Å²) in [6.07, 6.45) is 1.66. The maximum atomic E-state index is 6.25. The number of halogens is 1. The molecule has 1 N–H and O–H groups in total. The molecule has 1 aromatic heterocycles. The third kappa shape index (κ3) is 3.11. The average molecular weight is 250 g/mol. The summed E-state index contributed by atoms with van der Waals surface area (Å²) in [5, 5.41) is 4.12. The number of furan rings is 1. The van der Waals surface area contributed by atoms with Gasteiger partial charge in [0.15, 0.2) is 0 Å². The molecule has 0 unspecified atom stereocenters. The largest absolute Gasteiger partial charge is 0.464 e. The highest BCUT2D eigenvalue weighted by Crippen LogP contribution is 2.25. The van der Waals surface area contributed by atoms with E-state index in [1.54, 1.807) is 6.26 Å². The number of benzene rings is 1. The van der Waals surface area contributed by atoms with Gasteiger partial charge in [0, 0.05) is 23.2 Å². The molecule has 0 amide bonds. The van der Waals surface area contributed by atoms with Gasteiger partial charge in [0.1, 0.15) is 5.76 Å². The molecule has 0 radical (unpaired) electrons. The van der Waals surface area contributed by atoms with E-state index in [-0.39, 0.29) is 0 Å². The Morgan fingerprint density at radius 1 is 1.29 bits per heavy atom. The zero-order valence-corrected chi connectivity index (χ0v) is 10.8. The maximum absolute atomic E-state index is 6.25. The highest BCUT2D eigenvalue weighted by molar-refractivity contribution is 6.31. The van der Waals surface area contributed by atoms with Crippen molar-refractivity contribution in [2.45, 2.75) is 26.4 Å². The van der Waals surface area contributed by atoms with Crippen LogP contribution >= 0.6 is 11.6 Å². The number of hydrogen-bond acceptors (Lipinski definition) is 2. The molecule has 0 aliphatic rings. The second-order valence-corrected chi connectivity index (χ2v) is 4.73. The smallest absolute Gasteiger partial charge is 0.133 e. The lowest BCUT2D eigenvalue weighted by Gasteiger charge is -2.10. The van der Waals surface area contributed by atoms with Crippen molar-refractivity contribution in [1.29, 1.82) is 0 Å². The Kier molecular flexibility index (Phi) is 3.87. The summed E-state index contributed by atoms with van der Waals surface area (Å²) in [5.74, 6) is 0.843.